The lowest BCUT2D eigenvalue weighted by Crippen LogP contribution is -2.35. The molecule has 0 spiro atoms. The second-order valence-electron chi connectivity index (χ2n) is 16.6. The standard InChI is InChI=1S/C49H42F3NO/c1-46(2)40-15-9-8-12-34(40)35-22-18-31(28-41(35)46)48(30-16-20-33(21-17-30)53-26-10-5-11-27-53)25-24-39-44-43(36-13-6-7-14-37(36)45(39)54-48)38-23-19-32(49(50,51)52)29-42(38)47(44,3)4/h6-9,12-25,28-29H,5,10-11,26-27H2,1-4H3. The fourth-order valence-corrected chi connectivity index (χ4v) is 10.1. The third-order valence-electron chi connectivity index (χ3n) is 12.9. The van der Waals surface area contributed by atoms with E-state index in [2.05, 4.69) is 110 Å². The summed E-state index contributed by atoms with van der Waals surface area (Å²) in [4.78, 5) is 2.47. The van der Waals surface area contributed by atoms with Crippen molar-refractivity contribution in [3.8, 4) is 28.0 Å². The number of benzene rings is 6. The van der Waals surface area contributed by atoms with Gasteiger partial charge in [-0.3, -0.25) is 0 Å². The van der Waals surface area contributed by atoms with Gasteiger partial charge >= 0.3 is 6.18 Å². The van der Waals surface area contributed by atoms with Crippen LogP contribution in [0.3, 0.4) is 0 Å². The monoisotopic (exact) mass is 717 g/mol. The molecular weight excluding hydrogens is 676 g/mol. The van der Waals surface area contributed by atoms with E-state index in [4.69, 9.17) is 4.74 Å². The normalized spacial score (nSPS) is 20.2. The molecule has 0 saturated carbocycles. The number of anilines is 1. The number of halogens is 3. The molecule has 2 aliphatic carbocycles. The van der Waals surface area contributed by atoms with Gasteiger partial charge in [-0.15, -0.1) is 0 Å². The molecule has 0 N–H and O–H groups in total. The second-order valence-corrected chi connectivity index (χ2v) is 16.6. The van der Waals surface area contributed by atoms with Crippen molar-refractivity contribution in [3.05, 3.63) is 160 Å². The first kappa shape index (κ1) is 33.3. The number of rotatable bonds is 3. The average molecular weight is 718 g/mol. The van der Waals surface area contributed by atoms with Crippen LogP contribution in [0.4, 0.5) is 18.9 Å². The van der Waals surface area contributed by atoms with Gasteiger partial charge in [-0.1, -0.05) is 113 Å². The Labute approximate surface area is 314 Å². The van der Waals surface area contributed by atoms with Crippen molar-refractivity contribution >= 4 is 22.5 Å². The van der Waals surface area contributed by atoms with Crippen LogP contribution in [0, 0.1) is 0 Å². The van der Waals surface area contributed by atoms with Crippen LogP contribution in [0.1, 0.15) is 91.5 Å². The first-order valence-corrected chi connectivity index (χ1v) is 19.2. The highest BCUT2D eigenvalue weighted by Gasteiger charge is 2.46. The Bertz CT molecular complexity index is 2550. The van der Waals surface area contributed by atoms with Gasteiger partial charge in [0.05, 0.1) is 5.56 Å². The molecule has 1 fully saturated rings. The van der Waals surface area contributed by atoms with Gasteiger partial charge < -0.3 is 9.64 Å². The molecule has 1 atom stereocenters. The molecule has 0 radical (unpaired) electrons. The van der Waals surface area contributed by atoms with Gasteiger partial charge in [0, 0.05) is 51.7 Å². The van der Waals surface area contributed by atoms with E-state index in [1.54, 1.807) is 6.07 Å². The number of nitrogens with zero attached hydrogens (tertiary/aromatic N) is 1. The van der Waals surface area contributed by atoms with E-state index in [1.165, 1.54) is 59.3 Å². The van der Waals surface area contributed by atoms with Gasteiger partial charge in [-0.25, -0.2) is 0 Å². The highest BCUT2D eigenvalue weighted by atomic mass is 19.4. The van der Waals surface area contributed by atoms with Crippen molar-refractivity contribution in [2.24, 2.45) is 0 Å². The van der Waals surface area contributed by atoms with Gasteiger partial charge in [-0.2, -0.15) is 13.2 Å². The van der Waals surface area contributed by atoms with Crippen molar-refractivity contribution in [2.75, 3.05) is 18.0 Å². The third-order valence-corrected chi connectivity index (χ3v) is 12.9. The van der Waals surface area contributed by atoms with E-state index in [0.717, 1.165) is 63.0 Å². The van der Waals surface area contributed by atoms with Crippen LogP contribution in [0.5, 0.6) is 5.75 Å². The van der Waals surface area contributed by atoms with Gasteiger partial charge in [0.1, 0.15) is 5.75 Å². The molecule has 2 heterocycles. The van der Waals surface area contributed by atoms with Crippen molar-refractivity contribution in [1.29, 1.82) is 0 Å². The molecule has 2 aliphatic heterocycles. The van der Waals surface area contributed by atoms with Crippen LogP contribution < -0.4 is 9.64 Å². The molecule has 0 bridgehead atoms. The van der Waals surface area contributed by atoms with Crippen molar-refractivity contribution in [3.63, 3.8) is 0 Å². The maximum absolute atomic E-state index is 14.1. The van der Waals surface area contributed by atoms with E-state index >= 15 is 0 Å². The zero-order chi connectivity index (χ0) is 37.2. The molecule has 270 valence electrons. The third kappa shape index (κ3) is 4.60. The predicted molar refractivity (Wildman–Crippen MR) is 213 cm³/mol. The minimum absolute atomic E-state index is 0.198. The Balaban J connectivity index is 1.20. The van der Waals surface area contributed by atoms with Crippen molar-refractivity contribution in [1.82, 2.24) is 0 Å². The van der Waals surface area contributed by atoms with Crippen LogP contribution in [0.25, 0.3) is 39.1 Å². The van der Waals surface area contributed by atoms with Crippen LogP contribution in [-0.2, 0) is 22.6 Å². The maximum atomic E-state index is 14.1. The zero-order valence-corrected chi connectivity index (χ0v) is 31.1. The van der Waals surface area contributed by atoms with E-state index in [1.807, 2.05) is 26.0 Å². The van der Waals surface area contributed by atoms with Crippen LogP contribution >= 0.6 is 0 Å². The summed E-state index contributed by atoms with van der Waals surface area (Å²) >= 11 is 0. The molecule has 6 aromatic carbocycles. The Hall–Kier alpha value is -5.29. The number of hydrogen-bond donors (Lipinski definition) is 0. The maximum Gasteiger partial charge on any atom is 0.416 e. The number of ether oxygens (including phenoxy) is 1. The highest BCUT2D eigenvalue weighted by molar-refractivity contribution is 6.08. The molecule has 4 aliphatic rings. The lowest BCUT2D eigenvalue weighted by Gasteiger charge is -2.39. The molecule has 54 heavy (non-hydrogen) atoms. The summed E-state index contributed by atoms with van der Waals surface area (Å²) < 4.78 is 49.8. The summed E-state index contributed by atoms with van der Waals surface area (Å²) in [5.74, 6) is 0.756. The first-order chi connectivity index (χ1) is 25.9. The number of fused-ring (bicyclic) bond motifs is 11. The molecule has 6 aromatic rings. The van der Waals surface area contributed by atoms with Crippen molar-refractivity contribution in [2.45, 2.75) is 69.6 Å². The fourth-order valence-electron chi connectivity index (χ4n) is 10.1. The molecule has 2 nitrogen and oxygen atoms in total. The van der Waals surface area contributed by atoms with Gasteiger partial charge in [-0.05, 0) is 106 Å². The Morgan fingerprint density at radius 2 is 1.26 bits per heavy atom. The molecular formula is C49H42F3NO. The zero-order valence-electron chi connectivity index (χ0n) is 31.1. The van der Waals surface area contributed by atoms with Gasteiger partial charge in [0.25, 0.3) is 0 Å². The quantitative estimate of drug-likeness (QED) is 0.181. The molecule has 1 unspecified atom stereocenters. The van der Waals surface area contributed by atoms with E-state index in [-0.39, 0.29) is 5.41 Å². The van der Waals surface area contributed by atoms with Crippen LogP contribution in [0.15, 0.2) is 115 Å². The van der Waals surface area contributed by atoms with E-state index in [0.29, 0.717) is 5.56 Å². The molecule has 10 rings (SSSR count). The van der Waals surface area contributed by atoms with Gasteiger partial charge in [0.15, 0.2) is 5.60 Å². The first-order valence-electron chi connectivity index (χ1n) is 19.2. The van der Waals surface area contributed by atoms with Crippen molar-refractivity contribution < 1.29 is 17.9 Å². The minimum Gasteiger partial charge on any atom is -0.472 e. The molecule has 5 heteroatoms. The van der Waals surface area contributed by atoms with E-state index < -0.39 is 22.8 Å². The lowest BCUT2D eigenvalue weighted by atomic mass is 9.75. The highest BCUT2D eigenvalue weighted by Crippen LogP contribution is 2.59. The summed E-state index contributed by atoms with van der Waals surface area (Å²) in [6.07, 6.45) is 3.63. The summed E-state index contributed by atoms with van der Waals surface area (Å²) in [7, 11) is 0. The molecule has 0 amide bonds. The van der Waals surface area contributed by atoms with E-state index in [9.17, 15) is 13.2 Å². The average Bonchev–Trinajstić information content (AvgIpc) is 3.57. The SMILES string of the molecule is CC1(C)c2ccccc2-c2ccc(C3(c4ccc(N5CCCCC5)cc4)C=Cc4c5c(c6ccccc6c4O3)-c3ccc(C(F)(F)F)cc3C5(C)C)cc21. The topological polar surface area (TPSA) is 12.5 Å². The molecule has 1 saturated heterocycles. The number of hydrogen-bond acceptors (Lipinski definition) is 2. The second kappa shape index (κ2) is 11.4. The predicted octanol–water partition coefficient (Wildman–Crippen LogP) is 12.8. The van der Waals surface area contributed by atoms with Crippen LogP contribution in [-0.4, -0.2) is 13.1 Å². The Morgan fingerprint density at radius 1 is 0.611 bits per heavy atom. The Morgan fingerprint density at radius 3 is 2.02 bits per heavy atom. The number of piperidine rings is 1. The van der Waals surface area contributed by atoms with Crippen LogP contribution in [0.2, 0.25) is 0 Å². The smallest absolute Gasteiger partial charge is 0.416 e. The number of alkyl halides is 3. The summed E-state index contributed by atoms with van der Waals surface area (Å²) in [6, 6.07) is 36.9. The summed E-state index contributed by atoms with van der Waals surface area (Å²) in [6.45, 7) is 10.8. The largest absolute Gasteiger partial charge is 0.472 e. The van der Waals surface area contributed by atoms with Gasteiger partial charge in [0.2, 0.25) is 0 Å². The summed E-state index contributed by atoms with van der Waals surface area (Å²) in [5.41, 5.74) is 10.3. The Kier molecular flexibility index (Phi) is 7.01. The minimum atomic E-state index is -4.43. The lowest BCUT2D eigenvalue weighted by molar-refractivity contribution is -0.137. The fraction of sp³-hybridized carbons (Fsp3) is 0.265. The summed E-state index contributed by atoms with van der Waals surface area (Å²) in [5, 5.41) is 1.93. The molecule has 0 aromatic heterocycles.